The molecule has 0 spiro atoms. The first kappa shape index (κ1) is 10.7. The fraction of sp³-hybridized carbons (Fsp3) is 0.154. The largest absolute Gasteiger partial charge is 0.382 e. The van der Waals surface area contributed by atoms with E-state index < -0.39 is 0 Å². The van der Waals surface area contributed by atoms with Gasteiger partial charge in [0.2, 0.25) is 0 Å². The topological polar surface area (TPSA) is 80.5 Å². The first-order chi connectivity index (χ1) is 8.78. The van der Waals surface area contributed by atoms with Crippen LogP contribution in [0.5, 0.6) is 0 Å². The first-order valence-corrected chi connectivity index (χ1v) is 5.83. The molecule has 2 aromatic heterocycles. The molecule has 3 N–H and O–H groups in total. The van der Waals surface area contributed by atoms with Crippen molar-refractivity contribution in [3.05, 3.63) is 36.2 Å². The van der Waals surface area contributed by atoms with Gasteiger partial charge in [-0.3, -0.25) is 0 Å². The van der Waals surface area contributed by atoms with Crippen molar-refractivity contribution in [3.63, 3.8) is 0 Å². The number of imidazole rings is 1. The van der Waals surface area contributed by atoms with E-state index in [1.165, 1.54) is 11.9 Å². The molecule has 0 saturated carbocycles. The predicted molar refractivity (Wildman–Crippen MR) is 70.9 cm³/mol. The molecule has 0 fully saturated rings. The second kappa shape index (κ2) is 4.10. The van der Waals surface area contributed by atoms with Crippen LogP contribution < -0.4 is 5.73 Å². The van der Waals surface area contributed by atoms with Gasteiger partial charge < -0.3 is 10.7 Å². The standard InChI is InChI=1S/C13H13N5/c1-2-8-3-5-9(6-4-8)12-17-10-11(14)15-7-16-13(10)18-12/h3-7H,2H2,1H3,(H3,14,15,16,17,18). The Morgan fingerprint density at radius 2 is 1.94 bits per heavy atom. The van der Waals surface area contributed by atoms with Gasteiger partial charge in [-0.25, -0.2) is 15.0 Å². The maximum atomic E-state index is 5.76. The van der Waals surface area contributed by atoms with Crippen molar-refractivity contribution in [3.8, 4) is 11.4 Å². The first-order valence-electron chi connectivity index (χ1n) is 5.83. The summed E-state index contributed by atoms with van der Waals surface area (Å²) in [6.07, 6.45) is 2.46. The Kier molecular flexibility index (Phi) is 2.44. The van der Waals surface area contributed by atoms with E-state index in [1.54, 1.807) is 0 Å². The van der Waals surface area contributed by atoms with E-state index in [0.717, 1.165) is 17.8 Å². The van der Waals surface area contributed by atoms with Gasteiger partial charge in [0.25, 0.3) is 0 Å². The molecule has 3 aromatic rings. The summed E-state index contributed by atoms with van der Waals surface area (Å²) in [7, 11) is 0. The van der Waals surface area contributed by atoms with E-state index in [4.69, 9.17) is 5.73 Å². The number of benzene rings is 1. The normalized spacial score (nSPS) is 10.9. The smallest absolute Gasteiger partial charge is 0.163 e. The van der Waals surface area contributed by atoms with Gasteiger partial charge in [-0.2, -0.15) is 0 Å². The maximum Gasteiger partial charge on any atom is 0.163 e. The minimum absolute atomic E-state index is 0.396. The van der Waals surface area contributed by atoms with Crippen LogP contribution in [-0.2, 0) is 6.42 Å². The summed E-state index contributed by atoms with van der Waals surface area (Å²) < 4.78 is 0. The minimum Gasteiger partial charge on any atom is -0.382 e. The molecule has 0 aliphatic carbocycles. The van der Waals surface area contributed by atoms with Crippen LogP contribution in [0.25, 0.3) is 22.6 Å². The molecular weight excluding hydrogens is 226 g/mol. The minimum atomic E-state index is 0.396. The predicted octanol–water partition coefficient (Wildman–Crippen LogP) is 2.16. The monoisotopic (exact) mass is 239 g/mol. The summed E-state index contributed by atoms with van der Waals surface area (Å²) in [5.41, 5.74) is 9.36. The number of fused-ring (bicyclic) bond motifs is 1. The Morgan fingerprint density at radius 3 is 2.61 bits per heavy atom. The Hall–Kier alpha value is -2.43. The van der Waals surface area contributed by atoms with Gasteiger partial charge >= 0.3 is 0 Å². The fourth-order valence-corrected chi connectivity index (χ4v) is 1.88. The molecule has 0 atom stereocenters. The number of hydrogen-bond donors (Lipinski definition) is 2. The number of aromatic nitrogens is 4. The number of nitrogen functional groups attached to an aromatic ring is 1. The zero-order valence-corrected chi connectivity index (χ0v) is 10.0. The SMILES string of the molecule is CCc1ccc(-c2nc3c(N)ncnc3[nH]2)cc1. The van der Waals surface area contributed by atoms with Crippen molar-refractivity contribution >= 4 is 17.0 Å². The average Bonchev–Trinajstić information content (AvgIpc) is 2.84. The second-order valence-corrected chi connectivity index (χ2v) is 4.09. The molecule has 0 aliphatic rings. The quantitative estimate of drug-likeness (QED) is 0.718. The van der Waals surface area contributed by atoms with Crippen LogP contribution >= 0.6 is 0 Å². The second-order valence-electron chi connectivity index (χ2n) is 4.09. The molecule has 0 unspecified atom stereocenters. The molecule has 3 rings (SSSR count). The number of nitrogens with zero attached hydrogens (tertiary/aromatic N) is 3. The number of H-pyrrole nitrogens is 1. The van der Waals surface area contributed by atoms with Gasteiger partial charge in [0.15, 0.2) is 17.0 Å². The summed E-state index contributed by atoms with van der Waals surface area (Å²) in [6, 6.07) is 8.27. The Morgan fingerprint density at radius 1 is 1.17 bits per heavy atom. The number of nitrogens with two attached hydrogens (primary N) is 1. The highest BCUT2D eigenvalue weighted by Crippen LogP contribution is 2.21. The molecule has 1 aromatic carbocycles. The molecule has 0 amide bonds. The Bertz CT molecular complexity index is 684. The van der Waals surface area contributed by atoms with Gasteiger partial charge in [0.1, 0.15) is 12.2 Å². The lowest BCUT2D eigenvalue weighted by molar-refractivity contribution is 1.14. The molecule has 90 valence electrons. The fourth-order valence-electron chi connectivity index (χ4n) is 1.88. The van der Waals surface area contributed by atoms with Gasteiger partial charge in [-0.15, -0.1) is 0 Å². The molecular formula is C13H13N5. The van der Waals surface area contributed by atoms with Crippen LogP contribution in [0, 0.1) is 0 Å². The van der Waals surface area contributed by atoms with Crippen LogP contribution in [0.15, 0.2) is 30.6 Å². The van der Waals surface area contributed by atoms with Crippen molar-refractivity contribution in [2.75, 3.05) is 5.73 Å². The van der Waals surface area contributed by atoms with E-state index >= 15 is 0 Å². The number of nitrogens with one attached hydrogen (secondary N) is 1. The molecule has 0 saturated heterocycles. The molecule has 5 nitrogen and oxygen atoms in total. The molecule has 18 heavy (non-hydrogen) atoms. The van der Waals surface area contributed by atoms with Crippen LogP contribution in [0.1, 0.15) is 12.5 Å². The third-order valence-corrected chi connectivity index (χ3v) is 2.95. The van der Waals surface area contributed by atoms with Crippen LogP contribution in [0.4, 0.5) is 5.82 Å². The van der Waals surface area contributed by atoms with Crippen LogP contribution in [0.2, 0.25) is 0 Å². The zero-order chi connectivity index (χ0) is 12.5. The molecule has 2 heterocycles. The number of hydrogen-bond acceptors (Lipinski definition) is 4. The zero-order valence-electron chi connectivity index (χ0n) is 10.0. The summed E-state index contributed by atoms with van der Waals surface area (Å²) >= 11 is 0. The Labute approximate surface area is 104 Å². The highest BCUT2D eigenvalue weighted by atomic mass is 15.0. The summed E-state index contributed by atoms with van der Waals surface area (Å²) in [4.78, 5) is 15.6. The molecule has 0 aliphatic heterocycles. The number of anilines is 1. The van der Waals surface area contributed by atoms with Crippen molar-refractivity contribution in [1.82, 2.24) is 19.9 Å². The summed E-state index contributed by atoms with van der Waals surface area (Å²) in [6.45, 7) is 2.13. The van der Waals surface area contributed by atoms with E-state index in [2.05, 4.69) is 39.0 Å². The lowest BCUT2D eigenvalue weighted by Crippen LogP contribution is -1.91. The van der Waals surface area contributed by atoms with E-state index in [-0.39, 0.29) is 0 Å². The maximum absolute atomic E-state index is 5.76. The molecule has 0 radical (unpaired) electrons. The lowest BCUT2D eigenvalue weighted by Gasteiger charge is -1.98. The van der Waals surface area contributed by atoms with Crippen molar-refractivity contribution in [2.45, 2.75) is 13.3 Å². The van der Waals surface area contributed by atoms with E-state index in [9.17, 15) is 0 Å². The lowest BCUT2D eigenvalue weighted by atomic mass is 10.1. The van der Waals surface area contributed by atoms with E-state index in [1.807, 2.05) is 12.1 Å². The highest BCUT2D eigenvalue weighted by molar-refractivity contribution is 5.84. The number of aromatic amines is 1. The average molecular weight is 239 g/mol. The van der Waals surface area contributed by atoms with E-state index in [0.29, 0.717) is 17.0 Å². The summed E-state index contributed by atoms with van der Waals surface area (Å²) in [5.74, 6) is 1.16. The summed E-state index contributed by atoms with van der Waals surface area (Å²) in [5, 5.41) is 0. The molecule has 0 bridgehead atoms. The third-order valence-electron chi connectivity index (χ3n) is 2.95. The van der Waals surface area contributed by atoms with Gasteiger partial charge in [-0.1, -0.05) is 31.2 Å². The van der Waals surface area contributed by atoms with Crippen LogP contribution in [-0.4, -0.2) is 19.9 Å². The van der Waals surface area contributed by atoms with Crippen molar-refractivity contribution in [2.24, 2.45) is 0 Å². The van der Waals surface area contributed by atoms with Crippen molar-refractivity contribution < 1.29 is 0 Å². The molecule has 5 heteroatoms. The van der Waals surface area contributed by atoms with Crippen molar-refractivity contribution in [1.29, 1.82) is 0 Å². The number of aryl methyl sites for hydroxylation is 1. The van der Waals surface area contributed by atoms with Gasteiger partial charge in [0, 0.05) is 5.56 Å². The van der Waals surface area contributed by atoms with Gasteiger partial charge in [-0.05, 0) is 12.0 Å². The van der Waals surface area contributed by atoms with Gasteiger partial charge in [0.05, 0.1) is 0 Å². The van der Waals surface area contributed by atoms with Crippen LogP contribution in [0.3, 0.4) is 0 Å². The Balaban J connectivity index is 2.10. The third kappa shape index (κ3) is 1.69. The number of rotatable bonds is 2. The highest BCUT2D eigenvalue weighted by Gasteiger charge is 2.08.